The number of carboxylic acids is 1. The Hall–Kier alpha value is -3.75. The zero-order valence-electron chi connectivity index (χ0n) is 18.0. The summed E-state index contributed by atoms with van der Waals surface area (Å²) >= 11 is 7.53. The number of hydrogen-bond donors (Lipinski definition) is 3. The second-order valence-corrected chi connectivity index (χ2v) is 8.52. The summed E-state index contributed by atoms with van der Waals surface area (Å²) in [6.45, 7) is 0. The molecule has 0 fully saturated rings. The van der Waals surface area contributed by atoms with E-state index in [1.807, 2.05) is 30.3 Å². The summed E-state index contributed by atoms with van der Waals surface area (Å²) in [7, 11) is 1.52. The number of rotatable bonds is 9. The molecule has 1 atom stereocenters. The van der Waals surface area contributed by atoms with Gasteiger partial charge < -0.3 is 20.5 Å². The first kappa shape index (κ1) is 24.9. The van der Waals surface area contributed by atoms with E-state index in [1.54, 1.807) is 42.5 Å². The summed E-state index contributed by atoms with van der Waals surface area (Å²) in [5, 5.41) is 13.9. The van der Waals surface area contributed by atoms with E-state index in [0.29, 0.717) is 22.1 Å². The molecule has 2 amide bonds. The zero-order chi connectivity index (χ0) is 24.5. The van der Waals surface area contributed by atoms with E-state index in [0.717, 1.165) is 22.6 Å². The lowest BCUT2D eigenvalue weighted by molar-refractivity contribution is -0.131. The molecule has 0 saturated heterocycles. The fourth-order valence-corrected chi connectivity index (χ4v) is 4.22. The second kappa shape index (κ2) is 11.9. The molecule has 1 unspecified atom stereocenters. The number of carbonyl (C=O) groups excluding carboxylic acids is 2. The molecular formula is C25H21ClN2O5S. The molecule has 3 aromatic rings. The number of ether oxygens (including phenoxy) is 1. The summed E-state index contributed by atoms with van der Waals surface area (Å²) < 4.78 is 5.15. The molecular weight excluding hydrogens is 476 g/mol. The van der Waals surface area contributed by atoms with E-state index in [9.17, 15) is 14.4 Å². The minimum absolute atomic E-state index is 0.228. The van der Waals surface area contributed by atoms with Crippen molar-refractivity contribution in [1.29, 1.82) is 0 Å². The third-order valence-corrected chi connectivity index (χ3v) is 6.07. The summed E-state index contributed by atoms with van der Waals surface area (Å²) in [5.41, 5.74) is 1.86. The molecule has 0 aromatic heterocycles. The summed E-state index contributed by atoms with van der Waals surface area (Å²) in [5.74, 6) is -1.47. The Morgan fingerprint density at radius 3 is 2.24 bits per heavy atom. The van der Waals surface area contributed by atoms with Crippen LogP contribution in [-0.2, 0) is 14.4 Å². The molecule has 34 heavy (non-hydrogen) atoms. The molecule has 0 aliphatic heterocycles. The second-order valence-electron chi connectivity index (χ2n) is 6.93. The first-order valence-corrected chi connectivity index (χ1v) is 11.3. The molecule has 3 aromatic carbocycles. The largest absolute Gasteiger partial charge is 0.495 e. The van der Waals surface area contributed by atoms with Gasteiger partial charge in [-0.1, -0.05) is 41.9 Å². The zero-order valence-corrected chi connectivity index (χ0v) is 19.6. The van der Waals surface area contributed by atoms with Gasteiger partial charge in [0.2, 0.25) is 11.8 Å². The van der Waals surface area contributed by atoms with E-state index in [4.69, 9.17) is 21.4 Å². The van der Waals surface area contributed by atoms with Crippen molar-refractivity contribution in [3.8, 4) is 5.75 Å². The van der Waals surface area contributed by atoms with Crippen LogP contribution in [0.2, 0.25) is 5.02 Å². The predicted octanol–water partition coefficient (Wildman–Crippen LogP) is 5.40. The highest BCUT2D eigenvalue weighted by molar-refractivity contribution is 8.00. The molecule has 0 spiro atoms. The smallest absolute Gasteiger partial charge is 0.328 e. The highest BCUT2D eigenvalue weighted by atomic mass is 35.5. The van der Waals surface area contributed by atoms with Gasteiger partial charge in [-0.05, 0) is 48.0 Å². The van der Waals surface area contributed by atoms with Crippen LogP contribution in [0.3, 0.4) is 0 Å². The molecule has 0 radical (unpaired) electrons. The van der Waals surface area contributed by atoms with Gasteiger partial charge in [-0.2, -0.15) is 0 Å². The Balaban J connectivity index is 1.75. The molecule has 174 valence electrons. The number of anilines is 2. The van der Waals surface area contributed by atoms with Crippen LogP contribution in [0.15, 0.2) is 89.8 Å². The number of carbonyl (C=O) groups is 3. The Morgan fingerprint density at radius 2 is 1.62 bits per heavy atom. The van der Waals surface area contributed by atoms with Gasteiger partial charge in [0.25, 0.3) is 0 Å². The number of methoxy groups -OCH3 is 1. The van der Waals surface area contributed by atoms with Gasteiger partial charge in [0.05, 0.1) is 12.1 Å². The van der Waals surface area contributed by atoms with Crippen LogP contribution in [0.25, 0.3) is 0 Å². The van der Waals surface area contributed by atoms with Crippen LogP contribution >= 0.6 is 23.4 Å². The topological polar surface area (TPSA) is 105 Å². The number of nitrogens with one attached hydrogen (secondary N) is 2. The van der Waals surface area contributed by atoms with Gasteiger partial charge in [-0.3, -0.25) is 9.59 Å². The van der Waals surface area contributed by atoms with Crippen molar-refractivity contribution in [2.75, 3.05) is 17.7 Å². The van der Waals surface area contributed by atoms with Crippen LogP contribution < -0.4 is 15.4 Å². The number of carboxylic acid groups (broad SMARTS) is 1. The average Bonchev–Trinajstić information content (AvgIpc) is 2.83. The summed E-state index contributed by atoms with van der Waals surface area (Å²) in [6.07, 6.45) is 1.70. The average molecular weight is 497 g/mol. The Morgan fingerprint density at radius 1 is 0.941 bits per heavy atom. The standard InChI is InChI=1S/C25H21ClN2O5S/c1-33-21-12-9-18(15-20(21)26)28-25(32)24(16-5-3-2-4-6-16)34-19-10-7-17(8-11-19)27-22(29)13-14-23(30)31/h2-15,24H,1H3,(H,27,29)(H,28,32)(H,30,31)/b14-13+. The maximum atomic E-state index is 13.2. The van der Waals surface area contributed by atoms with Crippen LogP contribution in [0.4, 0.5) is 11.4 Å². The summed E-state index contributed by atoms with van der Waals surface area (Å²) in [6, 6.07) is 21.3. The van der Waals surface area contributed by atoms with Gasteiger partial charge in [0, 0.05) is 28.4 Å². The van der Waals surface area contributed by atoms with Gasteiger partial charge in [-0.25, -0.2) is 4.79 Å². The lowest BCUT2D eigenvalue weighted by atomic mass is 10.1. The van der Waals surface area contributed by atoms with Crippen LogP contribution in [0.5, 0.6) is 5.75 Å². The number of hydrogen-bond acceptors (Lipinski definition) is 5. The molecule has 7 nitrogen and oxygen atoms in total. The van der Waals surface area contributed by atoms with Crippen LogP contribution in [-0.4, -0.2) is 30.0 Å². The van der Waals surface area contributed by atoms with Crippen molar-refractivity contribution in [3.05, 3.63) is 95.5 Å². The Bertz CT molecular complexity index is 1200. The first-order chi connectivity index (χ1) is 16.4. The molecule has 0 saturated carbocycles. The maximum absolute atomic E-state index is 13.2. The van der Waals surface area contributed by atoms with Gasteiger partial charge in [0.1, 0.15) is 11.0 Å². The molecule has 9 heteroatoms. The number of benzene rings is 3. The van der Waals surface area contributed by atoms with Crippen LogP contribution in [0.1, 0.15) is 10.8 Å². The molecule has 0 aliphatic carbocycles. The monoisotopic (exact) mass is 496 g/mol. The fraction of sp³-hybridized carbons (Fsp3) is 0.0800. The van der Waals surface area contributed by atoms with Crippen molar-refractivity contribution in [2.45, 2.75) is 10.1 Å². The molecule has 0 bridgehead atoms. The number of aliphatic carboxylic acids is 1. The molecule has 3 rings (SSSR count). The fourth-order valence-electron chi connectivity index (χ4n) is 2.94. The van der Waals surface area contributed by atoms with Crippen molar-refractivity contribution < 1.29 is 24.2 Å². The van der Waals surface area contributed by atoms with Crippen molar-refractivity contribution in [1.82, 2.24) is 0 Å². The van der Waals surface area contributed by atoms with Crippen molar-refractivity contribution >= 4 is 52.5 Å². The quantitative estimate of drug-likeness (QED) is 0.270. The lowest BCUT2D eigenvalue weighted by Crippen LogP contribution is -2.19. The number of amides is 2. The predicted molar refractivity (Wildman–Crippen MR) is 134 cm³/mol. The van der Waals surface area contributed by atoms with Crippen LogP contribution in [0, 0.1) is 0 Å². The SMILES string of the molecule is COc1ccc(NC(=O)C(Sc2ccc(NC(=O)/C=C/C(=O)O)cc2)c2ccccc2)cc1Cl. The van der Waals surface area contributed by atoms with E-state index in [1.165, 1.54) is 18.9 Å². The Labute approximate surface area is 205 Å². The molecule has 0 heterocycles. The van der Waals surface area contributed by atoms with E-state index >= 15 is 0 Å². The highest BCUT2D eigenvalue weighted by Crippen LogP contribution is 2.37. The number of halogens is 1. The first-order valence-electron chi connectivity index (χ1n) is 10.0. The number of thioether (sulfide) groups is 1. The lowest BCUT2D eigenvalue weighted by Gasteiger charge is -2.18. The third kappa shape index (κ3) is 7.13. The molecule has 3 N–H and O–H groups in total. The van der Waals surface area contributed by atoms with Crippen molar-refractivity contribution in [3.63, 3.8) is 0 Å². The van der Waals surface area contributed by atoms with Crippen molar-refractivity contribution in [2.24, 2.45) is 0 Å². The highest BCUT2D eigenvalue weighted by Gasteiger charge is 2.22. The van der Waals surface area contributed by atoms with E-state index in [2.05, 4.69) is 10.6 Å². The van der Waals surface area contributed by atoms with Gasteiger partial charge in [-0.15, -0.1) is 11.8 Å². The minimum Gasteiger partial charge on any atom is -0.495 e. The normalized spacial score (nSPS) is 11.6. The minimum atomic E-state index is -1.20. The third-order valence-electron chi connectivity index (χ3n) is 4.51. The summed E-state index contributed by atoms with van der Waals surface area (Å²) in [4.78, 5) is 36.3. The van der Waals surface area contributed by atoms with Gasteiger partial charge >= 0.3 is 5.97 Å². The van der Waals surface area contributed by atoms with E-state index in [-0.39, 0.29) is 5.91 Å². The Kier molecular flexibility index (Phi) is 8.73. The molecule has 0 aliphatic rings. The van der Waals surface area contributed by atoms with Gasteiger partial charge in [0.15, 0.2) is 0 Å². The van der Waals surface area contributed by atoms with E-state index < -0.39 is 17.1 Å². The maximum Gasteiger partial charge on any atom is 0.328 e.